The van der Waals surface area contributed by atoms with E-state index in [1.165, 1.54) is 43.9 Å². The van der Waals surface area contributed by atoms with Crippen molar-refractivity contribution < 1.29 is 9.53 Å². The minimum absolute atomic E-state index is 0.118. The Labute approximate surface area is 206 Å². The maximum absolute atomic E-state index is 11.8. The quantitative estimate of drug-likeness (QED) is 0.299. The predicted molar refractivity (Wildman–Crippen MR) is 141 cm³/mol. The second kappa shape index (κ2) is 10.3. The van der Waals surface area contributed by atoms with Crippen LogP contribution in [0.1, 0.15) is 66.0 Å². The van der Waals surface area contributed by atoms with Crippen molar-refractivity contribution >= 4 is 22.6 Å². The zero-order chi connectivity index (χ0) is 24.2. The van der Waals surface area contributed by atoms with Gasteiger partial charge in [-0.2, -0.15) is 0 Å². The van der Waals surface area contributed by atoms with Gasteiger partial charge in [-0.15, -0.1) is 0 Å². The minimum atomic E-state index is -0.337. The van der Waals surface area contributed by atoms with E-state index in [-0.39, 0.29) is 12.0 Å². The number of fused-ring (bicyclic) bond motifs is 1. The fourth-order valence-corrected chi connectivity index (χ4v) is 4.89. The van der Waals surface area contributed by atoms with Crippen LogP contribution in [0.2, 0.25) is 0 Å². The van der Waals surface area contributed by atoms with Crippen LogP contribution < -0.4 is 5.32 Å². The molecule has 0 saturated carbocycles. The number of carbonyl (C=O) groups excluding carboxylic acids is 1. The Bertz CT molecular complexity index is 1350. The number of aromatic nitrogens is 2. The van der Waals surface area contributed by atoms with Crippen LogP contribution in [0.3, 0.4) is 0 Å². The number of aromatic amines is 1. The largest absolute Gasteiger partial charge is 0.465 e. The number of allylic oxidation sites excluding steroid dienone is 2. The van der Waals surface area contributed by atoms with Crippen molar-refractivity contribution in [2.24, 2.45) is 0 Å². The average Bonchev–Trinajstić information content (AvgIpc) is 3.36. The molecule has 0 spiro atoms. The summed E-state index contributed by atoms with van der Waals surface area (Å²) in [5, 5.41) is 3.53. The van der Waals surface area contributed by atoms with E-state index in [9.17, 15) is 4.79 Å². The molecule has 3 aromatic carbocycles. The molecule has 4 aromatic rings. The molecule has 0 fully saturated rings. The molecule has 0 amide bonds. The van der Waals surface area contributed by atoms with Crippen molar-refractivity contribution in [1.29, 1.82) is 0 Å². The second-order valence-corrected chi connectivity index (χ2v) is 8.98. The van der Waals surface area contributed by atoms with Crippen LogP contribution >= 0.6 is 0 Å². The van der Waals surface area contributed by atoms with Crippen LogP contribution in [0.25, 0.3) is 27.7 Å². The SMILES string of the molecule is CCNC(c1ccc(C(=O)OC)cc1)c1nc2c(-c3ccc(C4=CCCCC4)cc3)cccc2[nH]1. The van der Waals surface area contributed by atoms with Gasteiger partial charge >= 0.3 is 5.97 Å². The van der Waals surface area contributed by atoms with E-state index in [4.69, 9.17) is 9.72 Å². The molecule has 1 aliphatic carbocycles. The van der Waals surface area contributed by atoms with Crippen molar-refractivity contribution in [3.05, 3.63) is 95.3 Å². The topological polar surface area (TPSA) is 67.0 Å². The lowest BCUT2D eigenvalue weighted by atomic mass is 9.92. The number of esters is 1. The smallest absolute Gasteiger partial charge is 0.337 e. The van der Waals surface area contributed by atoms with Gasteiger partial charge in [-0.25, -0.2) is 9.78 Å². The van der Waals surface area contributed by atoms with Gasteiger partial charge in [0.1, 0.15) is 5.82 Å². The molecule has 35 heavy (non-hydrogen) atoms. The number of nitrogens with zero attached hydrogens (tertiary/aromatic N) is 1. The van der Waals surface area contributed by atoms with E-state index < -0.39 is 0 Å². The lowest BCUT2D eigenvalue weighted by molar-refractivity contribution is 0.0600. The minimum Gasteiger partial charge on any atom is -0.465 e. The highest BCUT2D eigenvalue weighted by Gasteiger charge is 2.19. The molecule has 1 heterocycles. The summed E-state index contributed by atoms with van der Waals surface area (Å²) in [6, 6.07) is 22.5. The third-order valence-corrected chi connectivity index (χ3v) is 6.74. The van der Waals surface area contributed by atoms with Crippen LogP contribution in [0, 0.1) is 0 Å². The predicted octanol–water partition coefficient (Wildman–Crippen LogP) is 6.67. The van der Waals surface area contributed by atoms with E-state index in [1.54, 1.807) is 12.1 Å². The first-order valence-electron chi connectivity index (χ1n) is 12.4. The highest BCUT2D eigenvalue weighted by atomic mass is 16.5. The summed E-state index contributed by atoms with van der Waals surface area (Å²) in [5.74, 6) is 0.514. The number of imidazole rings is 1. The monoisotopic (exact) mass is 465 g/mol. The molecule has 1 aliphatic rings. The number of nitrogens with one attached hydrogen (secondary N) is 2. The van der Waals surface area contributed by atoms with Gasteiger partial charge in [0.2, 0.25) is 0 Å². The summed E-state index contributed by atoms with van der Waals surface area (Å²) >= 11 is 0. The fourth-order valence-electron chi connectivity index (χ4n) is 4.89. The van der Waals surface area contributed by atoms with Gasteiger partial charge in [0.15, 0.2) is 0 Å². The highest BCUT2D eigenvalue weighted by Crippen LogP contribution is 2.32. The first kappa shape index (κ1) is 23.1. The lowest BCUT2D eigenvalue weighted by Gasteiger charge is -2.16. The number of benzene rings is 3. The van der Waals surface area contributed by atoms with E-state index in [0.29, 0.717) is 5.56 Å². The van der Waals surface area contributed by atoms with Gasteiger partial charge in [-0.1, -0.05) is 61.5 Å². The van der Waals surface area contributed by atoms with Crippen molar-refractivity contribution in [3.8, 4) is 11.1 Å². The van der Waals surface area contributed by atoms with Gasteiger partial charge in [-0.05, 0) is 72.7 Å². The maximum atomic E-state index is 11.8. The van der Waals surface area contributed by atoms with Crippen molar-refractivity contribution in [3.63, 3.8) is 0 Å². The maximum Gasteiger partial charge on any atom is 0.337 e. The molecular formula is C30H31N3O2. The average molecular weight is 466 g/mol. The Morgan fingerprint density at radius 3 is 2.49 bits per heavy atom. The summed E-state index contributed by atoms with van der Waals surface area (Å²) in [7, 11) is 1.39. The van der Waals surface area contributed by atoms with E-state index >= 15 is 0 Å². The summed E-state index contributed by atoms with van der Waals surface area (Å²) in [6.45, 7) is 2.86. The summed E-state index contributed by atoms with van der Waals surface area (Å²) in [5.41, 5.74) is 8.60. The zero-order valence-electron chi connectivity index (χ0n) is 20.3. The molecule has 5 nitrogen and oxygen atoms in total. The number of methoxy groups -OCH3 is 1. The van der Waals surface area contributed by atoms with Gasteiger partial charge < -0.3 is 15.0 Å². The summed E-state index contributed by atoms with van der Waals surface area (Å²) in [4.78, 5) is 20.4. The molecule has 178 valence electrons. The molecule has 0 saturated heterocycles. The second-order valence-electron chi connectivity index (χ2n) is 8.98. The Hall–Kier alpha value is -3.70. The van der Waals surface area contributed by atoms with Crippen molar-refractivity contribution in [1.82, 2.24) is 15.3 Å². The number of para-hydroxylation sites is 1. The number of hydrogen-bond acceptors (Lipinski definition) is 4. The first-order chi connectivity index (χ1) is 17.2. The normalized spacial score (nSPS) is 14.5. The molecule has 2 N–H and O–H groups in total. The Morgan fingerprint density at radius 2 is 1.80 bits per heavy atom. The Balaban J connectivity index is 1.48. The molecule has 0 aliphatic heterocycles. The Morgan fingerprint density at radius 1 is 1.03 bits per heavy atom. The third-order valence-electron chi connectivity index (χ3n) is 6.74. The summed E-state index contributed by atoms with van der Waals surface area (Å²) in [6.07, 6.45) is 7.32. The van der Waals surface area contributed by atoms with Crippen LogP contribution in [-0.4, -0.2) is 29.6 Å². The highest BCUT2D eigenvalue weighted by molar-refractivity contribution is 5.92. The van der Waals surface area contributed by atoms with Crippen LogP contribution in [0.5, 0.6) is 0 Å². The fraction of sp³-hybridized carbons (Fsp3) is 0.267. The van der Waals surface area contributed by atoms with Crippen LogP contribution in [0.4, 0.5) is 0 Å². The molecule has 0 bridgehead atoms. The number of rotatable bonds is 7. The Kier molecular flexibility index (Phi) is 6.77. The molecular weight excluding hydrogens is 434 g/mol. The zero-order valence-corrected chi connectivity index (χ0v) is 20.3. The third kappa shape index (κ3) is 4.77. The van der Waals surface area contributed by atoms with Gasteiger partial charge in [-0.3, -0.25) is 0 Å². The van der Waals surface area contributed by atoms with Gasteiger partial charge in [0.25, 0.3) is 0 Å². The van der Waals surface area contributed by atoms with Crippen molar-refractivity contribution in [2.75, 3.05) is 13.7 Å². The first-order valence-corrected chi connectivity index (χ1v) is 12.4. The van der Waals surface area contributed by atoms with Gasteiger partial charge in [0, 0.05) is 5.56 Å². The van der Waals surface area contributed by atoms with E-state index in [1.807, 2.05) is 12.1 Å². The standard InChI is InChI=1S/C30H31N3O2/c1-3-31-27(23-16-18-24(19-17-23)30(34)35-2)29-32-26-11-7-10-25(28(26)33-29)22-14-12-21(13-15-22)20-8-5-4-6-9-20/h7-8,10-19,27,31H,3-6,9H2,1-2H3,(H,32,33). The number of hydrogen-bond donors (Lipinski definition) is 2. The molecule has 5 rings (SSSR count). The molecule has 5 heteroatoms. The van der Waals surface area contributed by atoms with E-state index in [0.717, 1.165) is 40.1 Å². The van der Waals surface area contributed by atoms with Gasteiger partial charge in [0.05, 0.1) is 29.7 Å². The molecule has 1 unspecified atom stereocenters. The molecule has 1 atom stereocenters. The van der Waals surface area contributed by atoms with Crippen LogP contribution in [0.15, 0.2) is 72.8 Å². The lowest BCUT2D eigenvalue weighted by Crippen LogP contribution is -2.23. The van der Waals surface area contributed by atoms with Crippen LogP contribution in [-0.2, 0) is 4.74 Å². The number of carbonyl (C=O) groups is 1. The number of H-pyrrole nitrogens is 1. The molecule has 0 radical (unpaired) electrons. The summed E-state index contributed by atoms with van der Waals surface area (Å²) < 4.78 is 4.83. The molecule has 1 aromatic heterocycles. The van der Waals surface area contributed by atoms with Crippen molar-refractivity contribution in [2.45, 2.75) is 38.6 Å². The van der Waals surface area contributed by atoms with E-state index in [2.05, 4.69) is 65.8 Å². The number of ether oxygens (including phenoxy) is 1.